The highest BCUT2D eigenvalue weighted by molar-refractivity contribution is 5.95. The standard InChI is InChI=1S/C13H17NO2/c1-2-16-13(15)11-5-3-4-6-12(11)14-9-10-7-8-10/h3-6,10,14H,2,7-9H2,1H3. The molecule has 1 aromatic carbocycles. The van der Waals surface area contributed by atoms with Gasteiger partial charge in [-0.2, -0.15) is 0 Å². The highest BCUT2D eigenvalue weighted by Gasteiger charge is 2.21. The zero-order chi connectivity index (χ0) is 11.4. The summed E-state index contributed by atoms with van der Waals surface area (Å²) in [4.78, 5) is 11.7. The van der Waals surface area contributed by atoms with E-state index in [1.807, 2.05) is 25.1 Å². The molecule has 1 fully saturated rings. The number of carbonyl (C=O) groups is 1. The van der Waals surface area contributed by atoms with E-state index in [1.54, 1.807) is 6.07 Å². The Labute approximate surface area is 95.8 Å². The third-order valence-electron chi connectivity index (χ3n) is 2.70. The molecule has 0 saturated heterocycles. The van der Waals surface area contributed by atoms with Crippen LogP contribution in [0.2, 0.25) is 0 Å². The van der Waals surface area contributed by atoms with Crippen LogP contribution in [0.5, 0.6) is 0 Å². The number of esters is 1. The second-order valence-electron chi connectivity index (χ2n) is 4.09. The van der Waals surface area contributed by atoms with Crippen LogP contribution in [0, 0.1) is 5.92 Å². The average Bonchev–Trinajstić information content (AvgIpc) is 3.11. The van der Waals surface area contributed by atoms with Gasteiger partial charge >= 0.3 is 5.97 Å². The van der Waals surface area contributed by atoms with Gasteiger partial charge in [-0.3, -0.25) is 0 Å². The monoisotopic (exact) mass is 219 g/mol. The lowest BCUT2D eigenvalue weighted by atomic mass is 10.1. The number of rotatable bonds is 5. The van der Waals surface area contributed by atoms with E-state index in [-0.39, 0.29) is 5.97 Å². The van der Waals surface area contributed by atoms with Crippen molar-refractivity contribution in [2.75, 3.05) is 18.5 Å². The van der Waals surface area contributed by atoms with Crippen molar-refractivity contribution in [3.63, 3.8) is 0 Å². The number of hydrogen-bond donors (Lipinski definition) is 1. The fraction of sp³-hybridized carbons (Fsp3) is 0.462. The van der Waals surface area contributed by atoms with Gasteiger partial charge in [-0.1, -0.05) is 12.1 Å². The van der Waals surface area contributed by atoms with Gasteiger partial charge in [0.15, 0.2) is 0 Å². The Morgan fingerprint density at radius 1 is 1.44 bits per heavy atom. The van der Waals surface area contributed by atoms with Gasteiger partial charge in [-0.15, -0.1) is 0 Å². The molecule has 1 aliphatic carbocycles. The lowest BCUT2D eigenvalue weighted by Crippen LogP contribution is -2.11. The topological polar surface area (TPSA) is 38.3 Å². The van der Waals surface area contributed by atoms with Crippen molar-refractivity contribution in [3.05, 3.63) is 29.8 Å². The first-order chi connectivity index (χ1) is 7.81. The molecule has 16 heavy (non-hydrogen) atoms. The Balaban J connectivity index is 2.05. The van der Waals surface area contributed by atoms with Crippen LogP contribution in [0.4, 0.5) is 5.69 Å². The van der Waals surface area contributed by atoms with Crippen molar-refractivity contribution < 1.29 is 9.53 Å². The van der Waals surface area contributed by atoms with Gasteiger partial charge in [0.05, 0.1) is 12.2 Å². The molecule has 86 valence electrons. The maximum absolute atomic E-state index is 11.7. The molecular weight excluding hydrogens is 202 g/mol. The maximum atomic E-state index is 11.7. The summed E-state index contributed by atoms with van der Waals surface area (Å²) in [5.41, 5.74) is 1.51. The lowest BCUT2D eigenvalue weighted by Gasteiger charge is -2.10. The summed E-state index contributed by atoms with van der Waals surface area (Å²) in [6, 6.07) is 7.51. The van der Waals surface area contributed by atoms with Gasteiger partial charge in [0, 0.05) is 12.2 Å². The molecule has 0 amide bonds. The minimum absolute atomic E-state index is 0.249. The first kappa shape index (κ1) is 11.0. The quantitative estimate of drug-likeness (QED) is 0.774. The van der Waals surface area contributed by atoms with E-state index in [9.17, 15) is 4.79 Å². The summed E-state index contributed by atoms with van der Waals surface area (Å²) in [5, 5.41) is 3.31. The summed E-state index contributed by atoms with van der Waals surface area (Å²) in [6.45, 7) is 3.18. The van der Waals surface area contributed by atoms with Crippen LogP contribution in [-0.4, -0.2) is 19.1 Å². The number of carbonyl (C=O) groups excluding carboxylic acids is 1. The number of nitrogens with one attached hydrogen (secondary N) is 1. The predicted octanol–water partition coefficient (Wildman–Crippen LogP) is 2.69. The van der Waals surface area contributed by atoms with Gasteiger partial charge in [0.2, 0.25) is 0 Å². The van der Waals surface area contributed by atoms with Gasteiger partial charge in [-0.05, 0) is 37.8 Å². The second kappa shape index (κ2) is 5.01. The van der Waals surface area contributed by atoms with Crippen molar-refractivity contribution in [3.8, 4) is 0 Å². The lowest BCUT2D eigenvalue weighted by molar-refractivity contribution is 0.0527. The average molecular weight is 219 g/mol. The van der Waals surface area contributed by atoms with Crippen LogP contribution < -0.4 is 5.32 Å². The number of hydrogen-bond acceptors (Lipinski definition) is 3. The van der Waals surface area contributed by atoms with Crippen molar-refractivity contribution in [1.29, 1.82) is 0 Å². The van der Waals surface area contributed by atoms with Gasteiger partial charge in [0.25, 0.3) is 0 Å². The summed E-state index contributed by atoms with van der Waals surface area (Å²) in [6.07, 6.45) is 2.60. The van der Waals surface area contributed by atoms with Crippen LogP contribution in [0.3, 0.4) is 0 Å². The molecule has 1 saturated carbocycles. The zero-order valence-corrected chi connectivity index (χ0v) is 9.53. The predicted molar refractivity (Wildman–Crippen MR) is 63.6 cm³/mol. The number of benzene rings is 1. The van der Waals surface area contributed by atoms with Crippen LogP contribution in [0.15, 0.2) is 24.3 Å². The Bertz CT molecular complexity index is 372. The van der Waals surface area contributed by atoms with Crippen molar-refractivity contribution in [2.45, 2.75) is 19.8 Å². The molecule has 0 heterocycles. The molecule has 0 bridgehead atoms. The van der Waals surface area contributed by atoms with Crippen LogP contribution in [0.25, 0.3) is 0 Å². The number of anilines is 1. The molecule has 0 radical (unpaired) electrons. The van der Waals surface area contributed by atoms with Crippen molar-refractivity contribution in [2.24, 2.45) is 5.92 Å². The van der Waals surface area contributed by atoms with Gasteiger partial charge < -0.3 is 10.1 Å². The third kappa shape index (κ3) is 2.75. The molecule has 0 aromatic heterocycles. The van der Waals surface area contributed by atoms with Crippen LogP contribution >= 0.6 is 0 Å². The summed E-state index contributed by atoms with van der Waals surface area (Å²) >= 11 is 0. The smallest absolute Gasteiger partial charge is 0.340 e. The summed E-state index contributed by atoms with van der Waals surface area (Å²) < 4.78 is 5.01. The molecule has 0 unspecified atom stereocenters. The minimum Gasteiger partial charge on any atom is -0.462 e. The normalized spacial score (nSPS) is 14.6. The third-order valence-corrected chi connectivity index (χ3v) is 2.70. The molecule has 1 aromatic rings. The number of para-hydroxylation sites is 1. The summed E-state index contributed by atoms with van der Waals surface area (Å²) in [7, 11) is 0. The Kier molecular flexibility index (Phi) is 3.44. The van der Waals surface area contributed by atoms with Crippen LogP contribution in [0.1, 0.15) is 30.1 Å². The first-order valence-electron chi connectivity index (χ1n) is 5.81. The van der Waals surface area contributed by atoms with E-state index in [0.717, 1.165) is 18.2 Å². The molecule has 3 heteroatoms. The Hall–Kier alpha value is -1.51. The minimum atomic E-state index is -0.249. The molecule has 1 N–H and O–H groups in total. The molecule has 0 atom stereocenters. The van der Waals surface area contributed by atoms with Gasteiger partial charge in [0.1, 0.15) is 0 Å². The zero-order valence-electron chi connectivity index (χ0n) is 9.53. The fourth-order valence-corrected chi connectivity index (χ4v) is 1.60. The molecule has 2 rings (SSSR count). The SMILES string of the molecule is CCOC(=O)c1ccccc1NCC1CC1. The Morgan fingerprint density at radius 3 is 2.88 bits per heavy atom. The van der Waals surface area contributed by atoms with E-state index >= 15 is 0 Å². The molecule has 0 spiro atoms. The van der Waals surface area contributed by atoms with Crippen LogP contribution in [-0.2, 0) is 4.74 Å². The first-order valence-corrected chi connectivity index (χ1v) is 5.81. The second-order valence-corrected chi connectivity index (χ2v) is 4.09. The van der Waals surface area contributed by atoms with E-state index in [1.165, 1.54) is 12.8 Å². The molecule has 3 nitrogen and oxygen atoms in total. The highest BCUT2D eigenvalue weighted by atomic mass is 16.5. The largest absolute Gasteiger partial charge is 0.462 e. The summed E-state index contributed by atoms with van der Waals surface area (Å²) in [5.74, 6) is 0.539. The fourth-order valence-electron chi connectivity index (χ4n) is 1.60. The number of ether oxygens (including phenoxy) is 1. The van der Waals surface area contributed by atoms with Crippen molar-refractivity contribution in [1.82, 2.24) is 0 Å². The van der Waals surface area contributed by atoms with Gasteiger partial charge in [-0.25, -0.2) is 4.79 Å². The highest BCUT2D eigenvalue weighted by Crippen LogP contribution is 2.29. The molecule has 0 aliphatic heterocycles. The Morgan fingerprint density at radius 2 is 2.19 bits per heavy atom. The van der Waals surface area contributed by atoms with E-state index in [2.05, 4.69) is 5.32 Å². The van der Waals surface area contributed by atoms with Crippen molar-refractivity contribution >= 4 is 11.7 Å². The van der Waals surface area contributed by atoms with E-state index in [4.69, 9.17) is 4.74 Å². The molecule has 1 aliphatic rings. The van der Waals surface area contributed by atoms with E-state index < -0.39 is 0 Å². The maximum Gasteiger partial charge on any atom is 0.340 e. The molecular formula is C13H17NO2. The van der Waals surface area contributed by atoms with E-state index in [0.29, 0.717) is 12.2 Å².